The van der Waals surface area contributed by atoms with Crippen molar-refractivity contribution in [2.24, 2.45) is 0 Å². The molecule has 26 heavy (non-hydrogen) atoms. The Labute approximate surface area is 153 Å². The molecule has 0 radical (unpaired) electrons. The van der Waals surface area contributed by atoms with Crippen molar-refractivity contribution >= 4 is 17.5 Å². The van der Waals surface area contributed by atoms with E-state index in [1.54, 1.807) is 43.5 Å². The largest absolute Gasteiger partial charge is 0.491 e. The summed E-state index contributed by atoms with van der Waals surface area (Å²) in [6, 6.07) is 13.7. The molecule has 2 rings (SSSR count). The molecule has 2 aromatic rings. The number of carbonyl (C=O) groups excluding carboxylic acids is 2. The van der Waals surface area contributed by atoms with Gasteiger partial charge in [-0.15, -0.1) is 0 Å². The molecule has 0 spiro atoms. The van der Waals surface area contributed by atoms with E-state index < -0.39 is 0 Å². The van der Waals surface area contributed by atoms with Crippen LogP contribution in [0.2, 0.25) is 0 Å². The summed E-state index contributed by atoms with van der Waals surface area (Å²) in [7, 11) is 1.57. The molecule has 0 atom stereocenters. The maximum Gasteiger partial charge on any atom is 0.255 e. The third-order valence-corrected chi connectivity index (χ3v) is 3.48. The highest BCUT2D eigenvalue weighted by Gasteiger charge is 2.09. The summed E-state index contributed by atoms with van der Waals surface area (Å²) in [6.45, 7) is 4.80. The Balaban J connectivity index is 1.94. The first-order valence-corrected chi connectivity index (χ1v) is 8.45. The van der Waals surface area contributed by atoms with Gasteiger partial charge in [-0.3, -0.25) is 9.59 Å². The van der Waals surface area contributed by atoms with Gasteiger partial charge in [0.25, 0.3) is 11.8 Å². The topological polar surface area (TPSA) is 76.7 Å². The molecule has 0 aliphatic rings. The molecule has 0 saturated heterocycles. The lowest BCUT2D eigenvalue weighted by molar-refractivity contribution is 0.0935. The number of methoxy groups -OCH3 is 1. The summed E-state index contributed by atoms with van der Waals surface area (Å²) in [6.07, 6.45) is 0.0978. The first kappa shape index (κ1) is 19.5. The highest BCUT2D eigenvalue weighted by atomic mass is 16.5. The number of benzene rings is 2. The van der Waals surface area contributed by atoms with Crippen LogP contribution in [-0.4, -0.2) is 38.2 Å². The van der Waals surface area contributed by atoms with Gasteiger partial charge in [-0.05, 0) is 62.4 Å². The van der Waals surface area contributed by atoms with Crippen molar-refractivity contribution in [1.29, 1.82) is 0 Å². The van der Waals surface area contributed by atoms with Gasteiger partial charge in [0, 0.05) is 30.5 Å². The van der Waals surface area contributed by atoms with E-state index in [1.165, 1.54) is 0 Å². The number of anilines is 1. The molecule has 0 aliphatic carbocycles. The molecule has 2 aromatic carbocycles. The Morgan fingerprint density at radius 1 is 0.923 bits per heavy atom. The number of carbonyl (C=O) groups is 2. The summed E-state index contributed by atoms with van der Waals surface area (Å²) in [4.78, 5) is 24.2. The Hall–Kier alpha value is -2.86. The summed E-state index contributed by atoms with van der Waals surface area (Å²) >= 11 is 0. The molecule has 2 amide bonds. The van der Waals surface area contributed by atoms with E-state index in [9.17, 15) is 9.59 Å². The fourth-order valence-corrected chi connectivity index (χ4v) is 2.23. The van der Waals surface area contributed by atoms with E-state index >= 15 is 0 Å². The minimum Gasteiger partial charge on any atom is -0.491 e. The SMILES string of the molecule is COCCNC(=O)c1ccc(C(=O)Nc2ccc(OC(C)C)cc2)cc1. The zero-order valence-corrected chi connectivity index (χ0v) is 15.2. The van der Waals surface area contributed by atoms with E-state index in [1.807, 2.05) is 26.0 Å². The van der Waals surface area contributed by atoms with Crippen molar-refractivity contribution in [3.8, 4) is 5.75 Å². The highest BCUT2D eigenvalue weighted by Crippen LogP contribution is 2.17. The van der Waals surface area contributed by atoms with E-state index in [0.29, 0.717) is 30.0 Å². The summed E-state index contributed by atoms with van der Waals surface area (Å²) < 4.78 is 10.5. The van der Waals surface area contributed by atoms with Gasteiger partial charge in [0.2, 0.25) is 0 Å². The van der Waals surface area contributed by atoms with Gasteiger partial charge >= 0.3 is 0 Å². The molecular formula is C20H24N2O4. The van der Waals surface area contributed by atoms with Crippen LogP contribution in [0.4, 0.5) is 5.69 Å². The number of hydrogen-bond acceptors (Lipinski definition) is 4. The van der Waals surface area contributed by atoms with Gasteiger partial charge in [0.05, 0.1) is 12.7 Å². The van der Waals surface area contributed by atoms with Crippen molar-refractivity contribution < 1.29 is 19.1 Å². The normalized spacial score (nSPS) is 10.5. The fourth-order valence-electron chi connectivity index (χ4n) is 2.23. The maximum atomic E-state index is 12.3. The molecule has 0 aliphatic heterocycles. The molecule has 6 heteroatoms. The van der Waals surface area contributed by atoms with E-state index in [-0.39, 0.29) is 17.9 Å². The predicted octanol–water partition coefficient (Wildman–Crippen LogP) is 3.10. The Morgan fingerprint density at radius 2 is 1.50 bits per heavy atom. The monoisotopic (exact) mass is 356 g/mol. The quantitative estimate of drug-likeness (QED) is 0.713. The van der Waals surface area contributed by atoms with Gasteiger partial charge < -0.3 is 20.1 Å². The summed E-state index contributed by atoms with van der Waals surface area (Å²) in [5, 5.41) is 5.55. The van der Waals surface area contributed by atoms with Crippen molar-refractivity contribution in [1.82, 2.24) is 5.32 Å². The molecule has 0 fully saturated rings. The second kappa shape index (κ2) is 9.58. The Bertz CT molecular complexity index is 724. The molecule has 2 N–H and O–H groups in total. The first-order chi connectivity index (χ1) is 12.5. The average Bonchev–Trinajstić information content (AvgIpc) is 2.63. The summed E-state index contributed by atoms with van der Waals surface area (Å²) in [5.74, 6) is 0.311. The van der Waals surface area contributed by atoms with E-state index in [0.717, 1.165) is 5.75 Å². The van der Waals surface area contributed by atoms with Crippen LogP contribution in [0, 0.1) is 0 Å². The van der Waals surface area contributed by atoms with Crippen LogP contribution in [0.3, 0.4) is 0 Å². The minimum absolute atomic E-state index is 0.0978. The number of nitrogens with one attached hydrogen (secondary N) is 2. The van der Waals surface area contributed by atoms with Crippen molar-refractivity contribution in [3.05, 3.63) is 59.7 Å². The van der Waals surface area contributed by atoms with Crippen LogP contribution in [0.15, 0.2) is 48.5 Å². The Morgan fingerprint density at radius 3 is 2.04 bits per heavy atom. The van der Waals surface area contributed by atoms with Crippen LogP contribution in [-0.2, 0) is 4.74 Å². The van der Waals surface area contributed by atoms with E-state index in [2.05, 4.69) is 10.6 Å². The third kappa shape index (κ3) is 5.89. The lowest BCUT2D eigenvalue weighted by Crippen LogP contribution is -2.26. The fraction of sp³-hybridized carbons (Fsp3) is 0.300. The standard InChI is InChI=1S/C20H24N2O4/c1-14(2)26-18-10-8-17(9-11-18)22-20(24)16-6-4-15(5-7-16)19(23)21-12-13-25-3/h4-11,14H,12-13H2,1-3H3,(H,21,23)(H,22,24). The van der Waals surface area contributed by atoms with Gasteiger partial charge in [-0.1, -0.05) is 0 Å². The van der Waals surface area contributed by atoms with Crippen LogP contribution in [0.5, 0.6) is 5.75 Å². The molecule has 0 saturated carbocycles. The lowest BCUT2D eigenvalue weighted by Gasteiger charge is -2.11. The van der Waals surface area contributed by atoms with Gasteiger partial charge in [0.15, 0.2) is 0 Å². The zero-order chi connectivity index (χ0) is 18.9. The van der Waals surface area contributed by atoms with Crippen LogP contribution < -0.4 is 15.4 Å². The number of amides is 2. The second-order valence-corrected chi connectivity index (χ2v) is 5.97. The molecule has 0 unspecified atom stereocenters. The minimum atomic E-state index is -0.242. The Kier molecular flexibility index (Phi) is 7.17. The van der Waals surface area contributed by atoms with Gasteiger partial charge in [-0.2, -0.15) is 0 Å². The highest BCUT2D eigenvalue weighted by molar-refractivity contribution is 6.05. The number of hydrogen-bond donors (Lipinski definition) is 2. The smallest absolute Gasteiger partial charge is 0.255 e. The third-order valence-electron chi connectivity index (χ3n) is 3.48. The molecule has 0 aromatic heterocycles. The molecule has 0 heterocycles. The zero-order valence-electron chi connectivity index (χ0n) is 15.2. The molecule has 138 valence electrons. The molecule has 6 nitrogen and oxygen atoms in total. The van der Waals surface area contributed by atoms with Crippen LogP contribution >= 0.6 is 0 Å². The first-order valence-electron chi connectivity index (χ1n) is 8.45. The van der Waals surface area contributed by atoms with Gasteiger partial charge in [-0.25, -0.2) is 0 Å². The van der Waals surface area contributed by atoms with Crippen molar-refractivity contribution in [2.45, 2.75) is 20.0 Å². The number of rotatable bonds is 8. The van der Waals surface area contributed by atoms with Crippen LogP contribution in [0.1, 0.15) is 34.6 Å². The van der Waals surface area contributed by atoms with Crippen molar-refractivity contribution in [3.63, 3.8) is 0 Å². The molecule has 0 bridgehead atoms. The molecular weight excluding hydrogens is 332 g/mol. The number of ether oxygens (including phenoxy) is 2. The van der Waals surface area contributed by atoms with Crippen LogP contribution in [0.25, 0.3) is 0 Å². The summed E-state index contributed by atoms with van der Waals surface area (Å²) in [5.41, 5.74) is 1.64. The average molecular weight is 356 g/mol. The van der Waals surface area contributed by atoms with E-state index in [4.69, 9.17) is 9.47 Å². The van der Waals surface area contributed by atoms with Gasteiger partial charge in [0.1, 0.15) is 5.75 Å². The second-order valence-electron chi connectivity index (χ2n) is 5.97. The maximum absolute atomic E-state index is 12.3. The predicted molar refractivity (Wildman–Crippen MR) is 101 cm³/mol. The van der Waals surface area contributed by atoms with Crippen molar-refractivity contribution in [2.75, 3.05) is 25.6 Å². The lowest BCUT2D eigenvalue weighted by atomic mass is 10.1.